The molecule has 0 unspecified atom stereocenters. The SMILES string of the molecule is COc1cc2sc(NC(=O)COc3cccc4ccccc34)nc2cc1Cl. The zero-order valence-electron chi connectivity index (χ0n) is 14.4. The van der Waals surface area contributed by atoms with Crippen LogP contribution < -0.4 is 14.8 Å². The van der Waals surface area contributed by atoms with Crippen molar-refractivity contribution in [3.05, 3.63) is 59.6 Å². The molecule has 1 N–H and O–H groups in total. The second kappa shape index (κ2) is 7.42. The highest BCUT2D eigenvalue weighted by Crippen LogP contribution is 2.34. The third kappa shape index (κ3) is 3.67. The highest BCUT2D eigenvalue weighted by molar-refractivity contribution is 7.22. The van der Waals surface area contributed by atoms with Crippen molar-refractivity contribution >= 4 is 55.0 Å². The number of anilines is 1. The Morgan fingerprint density at radius 3 is 2.81 bits per heavy atom. The normalized spacial score (nSPS) is 10.9. The van der Waals surface area contributed by atoms with Crippen LogP contribution in [0.25, 0.3) is 21.0 Å². The van der Waals surface area contributed by atoms with Crippen LogP contribution in [0.2, 0.25) is 5.02 Å². The maximum Gasteiger partial charge on any atom is 0.264 e. The molecular weight excluding hydrogens is 384 g/mol. The fourth-order valence-corrected chi connectivity index (χ4v) is 3.89. The Morgan fingerprint density at radius 1 is 1.15 bits per heavy atom. The van der Waals surface area contributed by atoms with Crippen molar-refractivity contribution in [1.82, 2.24) is 4.98 Å². The Bertz CT molecular complexity index is 1140. The molecule has 0 radical (unpaired) electrons. The summed E-state index contributed by atoms with van der Waals surface area (Å²) in [5.74, 6) is 0.967. The topological polar surface area (TPSA) is 60.5 Å². The van der Waals surface area contributed by atoms with Crippen molar-refractivity contribution < 1.29 is 14.3 Å². The molecule has 0 bridgehead atoms. The van der Waals surface area contributed by atoms with Crippen LogP contribution in [0.1, 0.15) is 0 Å². The summed E-state index contributed by atoms with van der Waals surface area (Å²) >= 11 is 7.47. The van der Waals surface area contributed by atoms with Gasteiger partial charge in [-0.2, -0.15) is 0 Å². The number of amides is 1. The molecule has 0 saturated heterocycles. The lowest BCUT2D eigenvalue weighted by molar-refractivity contribution is -0.118. The largest absolute Gasteiger partial charge is 0.495 e. The second-order valence-corrected chi connectivity index (χ2v) is 7.23. The van der Waals surface area contributed by atoms with E-state index in [0.29, 0.717) is 27.2 Å². The summed E-state index contributed by atoms with van der Waals surface area (Å²) < 4.78 is 11.8. The number of fused-ring (bicyclic) bond motifs is 2. The van der Waals surface area contributed by atoms with E-state index in [0.717, 1.165) is 15.5 Å². The molecule has 0 atom stereocenters. The van der Waals surface area contributed by atoms with E-state index in [1.165, 1.54) is 11.3 Å². The lowest BCUT2D eigenvalue weighted by atomic mass is 10.1. The summed E-state index contributed by atoms with van der Waals surface area (Å²) in [4.78, 5) is 16.7. The minimum absolute atomic E-state index is 0.103. The molecule has 4 rings (SSSR count). The van der Waals surface area contributed by atoms with Crippen LogP contribution in [0.5, 0.6) is 11.5 Å². The number of thiazole rings is 1. The highest BCUT2D eigenvalue weighted by atomic mass is 35.5. The third-order valence-corrected chi connectivity index (χ3v) is 5.25. The molecule has 5 nitrogen and oxygen atoms in total. The number of nitrogens with zero attached hydrogens (tertiary/aromatic N) is 1. The van der Waals surface area contributed by atoms with E-state index in [4.69, 9.17) is 21.1 Å². The number of methoxy groups -OCH3 is 1. The predicted molar refractivity (Wildman–Crippen MR) is 109 cm³/mol. The molecule has 0 aliphatic rings. The zero-order chi connectivity index (χ0) is 18.8. The van der Waals surface area contributed by atoms with Crippen LogP contribution >= 0.6 is 22.9 Å². The number of carbonyl (C=O) groups is 1. The van der Waals surface area contributed by atoms with Crippen molar-refractivity contribution in [3.8, 4) is 11.5 Å². The fourth-order valence-electron chi connectivity index (χ4n) is 2.76. The number of hydrogen-bond donors (Lipinski definition) is 1. The van der Waals surface area contributed by atoms with Gasteiger partial charge in [-0.25, -0.2) is 4.98 Å². The summed E-state index contributed by atoms with van der Waals surface area (Å²) in [6, 6.07) is 17.1. The number of aromatic nitrogens is 1. The average Bonchev–Trinajstić information content (AvgIpc) is 3.06. The van der Waals surface area contributed by atoms with Crippen LogP contribution in [0.3, 0.4) is 0 Å². The molecule has 27 heavy (non-hydrogen) atoms. The van der Waals surface area contributed by atoms with Gasteiger partial charge in [-0.05, 0) is 17.5 Å². The monoisotopic (exact) mass is 398 g/mol. The number of hydrogen-bond acceptors (Lipinski definition) is 5. The third-order valence-electron chi connectivity index (χ3n) is 4.02. The highest BCUT2D eigenvalue weighted by Gasteiger charge is 2.12. The molecule has 0 saturated carbocycles. The first-order valence-electron chi connectivity index (χ1n) is 8.18. The summed E-state index contributed by atoms with van der Waals surface area (Å²) in [5.41, 5.74) is 0.705. The van der Waals surface area contributed by atoms with Crippen LogP contribution in [0.15, 0.2) is 54.6 Å². The number of benzene rings is 3. The number of rotatable bonds is 5. The van der Waals surface area contributed by atoms with Crippen molar-refractivity contribution in [2.45, 2.75) is 0 Å². The first kappa shape index (κ1) is 17.6. The molecule has 0 spiro atoms. The maximum atomic E-state index is 12.3. The molecule has 4 aromatic rings. The Balaban J connectivity index is 1.47. The first-order valence-corrected chi connectivity index (χ1v) is 9.38. The lowest BCUT2D eigenvalue weighted by Gasteiger charge is -2.08. The molecule has 0 fully saturated rings. The van der Waals surface area contributed by atoms with Crippen LogP contribution in [-0.2, 0) is 4.79 Å². The van der Waals surface area contributed by atoms with Gasteiger partial charge in [0.2, 0.25) is 0 Å². The Morgan fingerprint density at radius 2 is 1.96 bits per heavy atom. The number of carbonyl (C=O) groups excluding carboxylic acids is 1. The van der Waals surface area contributed by atoms with E-state index in [1.807, 2.05) is 42.5 Å². The molecule has 1 amide bonds. The van der Waals surface area contributed by atoms with Crippen LogP contribution in [-0.4, -0.2) is 24.6 Å². The minimum Gasteiger partial charge on any atom is -0.495 e. The average molecular weight is 399 g/mol. The number of nitrogens with one attached hydrogen (secondary N) is 1. The van der Waals surface area contributed by atoms with Gasteiger partial charge in [-0.15, -0.1) is 0 Å². The fraction of sp³-hybridized carbons (Fsp3) is 0.100. The van der Waals surface area contributed by atoms with Crippen molar-refractivity contribution in [2.75, 3.05) is 19.0 Å². The molecule has 3 aromatic carbocycles. The molecule has 136 valence electrons. The van der Waals surface area contributed by atoms with Crippen LogP contribution in [0.4, 0.5) is 5.13 Å². The maximum absolute atomic E-state index is 12.3. The van der Waals surface area contributed by atoms with Gasteiger partial charge in [0.1, 0.15) is 11.5 Å². The van der Waals surface area contributed by atoms with Gasteiger partial charge in [0.25, 0.3) is 5.91 Å². The minimum atomic E-state index is -0.278. The van der Waals surface area contributed by atoms with Gasteiger partial charge < -0.3 is 9.47 Å². The lowest BCUT2D eigenvalue weighted by Crippen LogP contribution is -2.20. The summed E-state index contributed by atoms with van der Waals surface area (Å²) in [7, 11) is 1.56. The van der Waals surface area contributed by atoms with Crippen molar-refractivity contribution in [1.29, 1.82) is 0 Å². The van der Waals surface area contributed by atoms with Crippen molar-refractivity contribution in [2.24, 2.45) is 0 Å². The van der Waals surface area contributed by atoms with E-state index in [-0.39, 0.29) is 12.5 Å². The molecule has 1 aromatic heterocycles. The summed E-state index contributed by atoms with van der Waals surface area (Å²) in [6.45, 7) is -0.103. The van der Waals surface area contributed by atoms with Gasteiger partial charge in [0, 0.05) is 11.5 Å². The van der Waals surface area contributed by atoms with Crippen molar-refractivity contribution in [3.63, 3.8) is 0 Å². The summed E-state index contributed by atoms with van der Waals surface area (Å²) in [5, 5.41) is 5.76. The Kier molecular flexibility index (Phi) is 4.83. The Hall–Kier alpha value is -2.83. The van der Waals surface area contributed by atoms with E-state index in [9.17, 15) is 4.79 Å². The van der Waals surface area contributed by atoms with Gasteiger partial charge in [0.05, 0.1) is 22.3 Å². The Labute approximate surface area is 164 Å². The number of halogens is 1. The molecule has 0 aliphatic heterocycles. The van der Waals surface area contributed by atoms with Gasteiger partial charge in [-0.3, -0.25) is 10.1 Å². The van der Waals surface area contributed by atoms with Gasteiger partial charge in [0.15, 0.2) is 11.7 Å². The van der Waals surface area contributed by atoms with Crippen LogP contribution in [0, 0.1) is 0 Å². The first-order chi connectivity index (χ1) is 13.1. The predicted octanol–water partition coefficient (Wildman–Crippen LogP) is 5.13. The standard InChI is InChI=1S/C20H15ClN2O3S/c1-25-17-10-18-15(9-14(17)21)22-20(27-18)23-19(24)11-26-16-8-4-6-12-5-2-3-7-13(12)16/h2-10H,11H2,1H3,(H,22,23,24). The van der Waals surface area contributed by atoms with E-state index >= 15 is 0 Å². The molecule has 7 heteroatoms. The van der Waals surface area contributed by atoms with Gasteiger partial charge in [-0.1, -0.05) is 59.3 Å². The second-order valence-electron chi connectivity index (χ2n) is 5.79. The molecular formula is C20H15ClN2O3S. The summed E-state index contributed by atoms with van der Waals surface area (Å²) in [6.07, 6.45) is 0. The molecule has 1 heterocycles. The zero-order valence-corrected chi connectivity index (χ0v) is 15.9. The number of ether oxygens (including phenoxy) is 2. The quantitative estimate of drug-likeness (QED) is 0.506. The van der Waals surface area contributed by atoms with E-state index in [1.54, 1.807) is 19.2 Å². The molecule has 0 aliphatic carbocycles. The van der Waals surface area contributed by atoms with E-state index < -0.39 is 0 Å². The smallest absolute Gasteiger partial charge is 0.264 e. The van der Waals surface area contributed by atoms with Gasteiger partial charge >= 0.3 is 0 Å². The van der Waals surface area contributed by atoms with E-state index in [2.05, 4.69) is 10.3 Å².